The molecule has 3 heteroatoms. The lowest BCUT2D eigenvalue weighted by molar-refractivity contribution is 0.318. The quantitative estimate of drug-likeness (QED) is 0.806. The molecule has 3 aliphatic rings. The maximum atomic E-state index is 4.01. The maximum absolute atomic E-state index is 4.01. The molecular weight excluding hydrogens is 318 g/mol. The van der Waals surface area contributed by atoms with Crippen LogP contribution in [0.4, 0.5) is 0 Å². The van der Waals surface area contributed by atoms with Gasteiger partial charge < -0.3 is 10.3 Å². The minimum atomic E-state index is 0.538. The Labute approximate surface area is 157 Å². The van der Waals surface area contributed by atoms with Crippen molar-refractivity contribution in [2.75, 3.05) is 13.1 Å². The van der Waals surface area contributed by atoms with Gasteiger partial charge in [0.25, 0.3) is 0 Å². The van der Waals surface area contributed by atoms with Crippen LogP contribution in [0.15, 0.2) is 18.2 Å². The lowest BCUT2D eigenvalue weighted by Crippen LogP contribution is -2.36. The summed E-state index contributed by atoms with van der Waals surface area (Å²) < 4.78 is 0. The number of rotatable bonds is 4. The standard InChI is InChI=1S/C23H33N3/c1-2-7-18(8-3-1)24-22-10-6-9-19-20-15-17(16-26-13-4-5-14-26)11-12-21(20)25-23(19)22/h11-12,15,18,22,24-25H,1-10,13-14,16H2. The lowest BCUT2D eigenvalue weighted by Gasteiger charge is -2.31. The number of likely N-dealkylation sites (tertiary alicyclic amines) is 1. The van der Waals surface area contributed by atoms with Crippen LogP contribution in [-0.4, -0.2) is 29.0 Å². The fourth-order valence-corrected chi connectivity index (χ4v) is 5.53. The Morgan fingerprint density at radius 1 is 0.962 bits per heavy atom. The molecule has 1 saturated heterocycles. The Balaban J connectivity index is 1.40. The lowest BCUT2D eigenvalue weighted by atomic mass is 9.89. The number of aryl methyl sites for hydroxylation is 1. The van der Waals surface area contributed by atoms with Gasteiger partial charge in [0.05, 0.1) is 0 Å². The number of aromatic nitrogens is 1. The fourth-order valence-electron chi connectivity index (χ4n) is 5.53. The highest BCUT2D eigenvalue weighted by Crippen LogP contribution is 2.36. The summed E-state index contributed by atoms with van der Waals surface area (Å²) in [6, 6.07) is 8.42. The summed E-state index contributed by atoms with van der Waals surface area (Å²) in [6.45, 7) is 3.67. The van der Waals surface area contributed by atoms with Crippen molar-refractivity contribution in [1.82, 2.24) is 15.2 Å². The Morgan fingerprint density at radius 2 is 1.81 bits per heavy atom. The zero-order valence-corrected chi connectivity index (χ0v) is 16.0. The summed E-state index contributed by atoms with van der Waals surface area (Å²) in [5.41, 5.74) is 5.93. The van der Waals surface area contributed by atoms with Gasteiger partial charge in [0.2, 0.25) is 0 Å². The van der Waals surface area contributed by atoms with Crippen LogP contribution in [0.5, 0.6) is 0 Å². The third-order valence-electron chi connectivity index (χ3n) is 6.92. The van der Waals surface area contributed by atoms with E-state index in [0.717, 1.165) is 12.6 Å². The first-order valence-corrected chi connectivity index (χ1v) is 11.0. The van der Waals surface area contributed by atoms with Crippen molar-refractivity contribution in [1.29, 1.82) is 0 Å². The zero-order chi connectivity index (χ0) is 17.3. The summed E-state index contributed by atoms with van der Waals surface area (Å²) in [4.78, 5) is 6.41. The molecule has 1 unspecified atom stereocenters. The van der Waals surface area contributed by atoms with Gasteiger partial charge in [0.15, 0.2) is 0 Å². The second-order valence-electron chi connectivity index (χ2n) is 8.83. The van der Waals surface area contributed by atoms with Crippen molar-refractivity contribution in [3.63, 3.8) is 0 Å². The first-order valence-electron chi connectivity index (χ1n) is 11.0. The van der Waals surface area contributed by atoms with E-state index in [0.29, 0.717) is 6.04 Å². The number of fused-ring (bicyclic) bond motifs is 3. The molecule has 26 heavy (non-hydrogen) atoms. The second kappa shape index (κ2) is 7.36. The average molecular weight is 352 g/mol. The van der Waals surface area contributed by atoms with Crippen molar-refractivity contribution < 1.29 is 0 Å². The SMILES string of the molecule is c1cc2[nH]c3c(c2cc1CN1CCCC1)CCCC3NC1CCCCC1. The van der Waals surface area contributed by atoms with Crippen LogP contribution in [0.1, 0.15) is 80.7 Å². The highest BCUT2D eigenvalue weighted by Gasteiger charge is 2.27. The molecule has 2 fully saturated rings. The zero-order valence-electron chi connectivity index (χ0n) is 16.0. The van der Waals surface area contributed by atoms with Gasteiger partial charge in [-0.2, -0.15) is 0 Å². The molecule has 2 N–H and O–H groups in total. The van der Waals surface area contributed by atoms with Crippen LogP contribution in [0.25, 0.3) is 10.9 Å². The van der Waals surface area contributed by atoms with Crippen LogP contribution < -0.4 is 5.32 Å². The number of H-pyrrole nitrogens is 1. The molecule has 3 nitrogen and oxygen atoms in total. The normalized spacial score (nSPS) is 25.0. The first kappa shape index (κ1) is 16.8. The van der Waals surface area contributed by atoms with Gasteiger partial charge >= 0.3 is 0 Å². The molecule has 0 bridgehead atoms. The predicted octanol–water partition coefficient (Wildman–Crippen LogP) is 5.06. The fraction of sp³-hybridized carbons (Fsp3) is 0.652. The molecule has 1 aromatic heterocycles. The van der Waals surface area contributed by atoms with Crippen LogP contribution in [-0.2, 0) is 13.0 Å². The molecule has 1 aliphatic heterocycles. The van der Waals surface area contributed by atoms with Crippen molar-refractivity contribution in [2.24, 2.45) is 0 Å². The second-order valence-corrected chi connectivity index (χ2v) is 8.83. The molecule has 1 atom stereocenters. The smallest absolute Gasteiger partial charge is 0.0478 e. The molecule has 2 heterocycles. The molecule has 2 aromatic rings. The maximum Gasteiger partial charge on any atom is 0.0478 e. The number of benzene rings is 1. The van der Waals surface area contributed by atoms with Gasteiger partial charge in [-0.1, -0.05) is 25.3 Å². The first-order chi connectivity index (χ1) is 12.9. The van der Waals surface area contributed by atoms with Crippen molar-refractivity contribution in [3.05, 3.63) is 35.0 Å². The van der Waals surface area contributed by atoms with Crippen molar-refractivity contribution in [3.8, 4) is 0 Å². The molecule has 0 radical (unpaired) electrons. The Kier molecular flexibility index (Phi) is 4.76. The summed E-state index contributed by atoms with van der Waals surface area (Å²) in [5.74, 6) is 0. The summed E-state index contributed by atoms with van der Waals surface area (Å²) >= 11 is 0. The third-order valence-corrected chi connectivity index (χ3v) is 6.92. The predicted molar refractivity (Wildman–Crippen MR) is 108 cm³/mol. The van der Waals surface area contributed by atoms with Gasteiger partial charge in [0.1, 0.15) is 0 Å². The van der Waals surface area contributed by atoms with E-state index < -0.39 is 0 Å². The summed E-state index contributed by atoms with van der Waals surface area (Å²) in [7, 11) is 0. The van der Waals surface area contributed by atoms with Gasteiger partial charge in [-0.05, 0) is 81.3 Å². The van der Waals surface area contributed by atoms with Crippen LogP contribution in [0, 0.1) is 0 Å². The van der Waals surface area contributed by atoms with E-state index in [-0.39, 0.29) is 0 Å². The molecule has 0 amide bonds. The van der Waals surface area contributed by atoms with Crippen molar-refractivity contribution >= 4 is 10.9 Å². The van der Waals surface area contributed by atoms with E-state index >= 15 is 0 Å². The van der Waals surface area contributed by atoms with Crippen LogP contribution in [0.2, 0.25) is 0 Å². The number of nitrogens with one attached hydrogen (secondary N) is 2. The van der Waals surface area contributed by atoms with Crippen molar-refractivity contribution in [2.45, 2.75) is 82.8 Å². The minimum Gasteiger partial charge on any atom is -0.357 e. The van der Waals surface area contributed by atoms with E-state index in [4.69, 9.17) is 0 Å². The molecule has 140 valence electrons. The number of nitrogens with zero attached hydrogens (tertiary/aromatic N) is 1. The topological polar surface area (TPSA) is 31.1 Å². The summed E-state index contributed by atoms with van der Waals surface area (Å²) in [5, 5.41) is 5.50. The highest BCUT2D eigenvalue weighted by molar-refractivity contribution is 5.85. The molecule has 5 rings (SSSR count). The number of aromatic amines is 1. The largest absolute Gasteiger partial charge is 0.357 e. The van der Waals surface area contributed by atoms with E-state index in [1.165, 1.54) is 99.5 Å². The van der Waals surface area contributed by atoms with E-state index in [1.807, 2.05) is 0 Å². The van der Waals surface area contributed by atoms with Gasteiger partial charge in [-0.3, -0.25) is 4.90 Å². The average Bonchev–Trinajstić information content (AvgIpc) is 3.31. The monoisotopic (exact) mass is 351 g/mol. The third kappa shape index (κ3) is 3.32. The van der Waals surface area contributed by atoms with E-state index in [9.17, 15) is 0 Å². The molecular formula is C23H33N3. The number of hydrogen-bond acceptors (Lipinski definition) is 2. The van der Waals surface area contributed by atoms with E-state index in [2.05, 4.69) is 33.4 Å². The van der Waals surface area contributed by atoms with E-state index in [1.54, 1.807) is 5.56 Å². The molecule has 1 aromatic carbocycles. The highest BCUT2D eigenvalue weighted by atomic mass is 15.1. The van der Waals surface area contributed by atoms with Gasteiger partial charge in [-0.25, -0.2) is 0 Å². The van der Waals surface area contributed by atoms with Crippen LogP contribution in [0.3, 0.4) is 0 Å². The molecule has 1 saturated carbocycles. The van der Waals surface area contributed by atoms with Crippen LogP contribution >= 0.6 is 0 Å². The molecule has 2 aliphatic carbocycles. The number of hydrogen-bond donors (Lipinski definition) is 2. The Morgan fingerprint density at radius 3 is 2.65 bits per heavy atom. The van der Waals surface area contributed by atoms with Gasteiger partial charge in [-0.15, -0.1) is 0 Å². The Bertz CT molecular complexity index is 750. The Hall–Kier alpha value is -1.32. The molecule has 0 spiro atoms. The summed E-state index contributed by atoms with van der Waals surface area (Å²) in [6.07, 6.45) is 13.6. The van der Waals surface area contributed by atoms with Gasteiger partial charge in [0, 0.05) is 35.2 Å². The minimum absolute atomic E-state index is 0.538.